The van der Waals surface area contributed by atoms with Gasteiger partial charge in [0.05, 0.1) is 12.8 Å². The van der Waals surface area contributed by atoms with Gasteiger partial charge in [-0.1, -0.05) is 6.42 Å². The summed E-state index contributed by atoms with van der Waals surface area (Å²) >= 11 is 0. The maximum Gasteiger partial charge on any atom is 0.0537 e. The highest BCUT2D eigenvalue weighted by atomic mass is 35.5. The summed E-state index contributed by atoms with van der Waals surface area (Å²) in [5, 5.41) is 13.5. The molecule has 86 valence electrons. The van der Waals surface area contributed by atoms with Crippen LogP contribution < -0.4 is 5.73 Å². The average Bonchev–Trinajstić information content (AvgIpc) is 2.50. The van der Waals surface area contributed by atoms with Gasteiger partial charge in [0, 0.05) is 30.3 Å². The molecule has 0 radical (unpaired) electrons. The molecule has 1 unspecified atom stereocenters. The van der Waals surface area contributed by atoms with Crippen molar-refractivity contribution in [3.05, 3.63) is 18.0 Å². The Hall–Kier alpha value is -0.580. The fraction of sp³-hybridized carbons (Fsp3) is 0.700. The van der Waals surface area contributed by atoms with Crippen molar-refractivity contribution in [1.29, 1.82) is 0 Å². The van der Waals surface area contributed by atoms with Crippen LogP contribution in [0.15, 0.2) is 12.4 Å². The lowest BCUT2D eigenvalue weighted by molar-refractivity contribution is 0.0184. The van der Waals surface area contributed by atoms with E-state index in [0.717, 1.165) is 18.4 Å². The van der Waals surface area contributed by atoms with Crippen LogP contribution in [0.2, 0.25) is 0 Å². The van der Waals surface area contributed by atoms with E-state index in [0.29, 0.717) is 0 Å². The Bertz CT molecular complexity index is 317. The van der Waals surface area contributed by atoms with Gasteiger partial charge in [-0.05, 0) is 12.8 Å². The van der Waals surface area contributed by atoms with Gasteiger partial charge >= 0.3 is 0 Å². The smallest absolute Gasteiger partial charge is 0.0537 e. The number of halogens is 1. The first kappa shape index (κ1) is 12.5. The Balaban J connectivity index is 0.00000112. The molecule has 15 heavy (non-hydrogen) atoms. The second-order valence-electron chi connectivity index (χ2n) is 4.30. The molecule has 1 atom stereocenters. The number of hydrogen-bond donors (Lipinski definition) is 2. The highest BCUT2D eigenvalue weighted by Gasteiger charge is 2.42. The lowest BCUT2D eigenvalue weighted by atomic mass is 9.63. The first-order chi connectivity index (χ1) is 6.68. The molecule has 4 nitrogen and oxygen atoms in total. The zero-order valence-electron chi connectivity index (χ0n) is 8.89. The van der Waals surface area contributed by atoms with Crippen LogP contribution in [0, 0.1) is 5.41 Å². The van der Waals surface area contributed by atoms with Crippen LogP contribution in [0.4, 0.5) is 0 Å². The van der Waals surface area contributed by atoms with E-state index in [1.54, 1.807) is 10.9 Å². The average molecular weight is 232 g/mol. The van der Waals surface area contributed by atoms with Crippen LogP contribution in [-0.2, 0) is 7.05 Å². The Morgan fingerprint density at radius 1 is 1.67 bits per heavy atom. The number of aliphatic hydroxyl groups is 1. The van der Waals surface area contributed by atoms with Gasteiger partial charge in [0.2, 0.25) is 0 Å². The molecule has 5 heteroatoms. The fourth-order valence-corrected chi connectivity index (χ4v) is 2.15. The highest BCUT2D eigenvalue weighted by Crippen LogP contribution is 2.48. The van der Waals surface area contributed by atoms with Gasteiger partial charge in [-0.25, -0.2) is 0 Å². The molecule has 1 fully saturated rings. The zero-order chi connectivity index (χ0) is 10.2. The largest absolute Gasteiger partial charge is 0.396 e. The van der Waals surface area contributed by atoms with Gasteiger partial charge in [0.25, 0.3) is 0 Å². The van der Waals surface area contributed by atoms with Gasteiger partial charge in [0.1, 0.15) is 0 Å². The third kappa shape index (κ3) is 2.02. The number of aryl methyl sites for hydroxylation is 1. The van der Waals surface area contributed by atoms with Crippen molar-refractivity contribution in [1.82, 2.24) is 9.78 Å². The molecule has 0 aromatic carbocycles. The SMILES string of the molecule is Cl.Cn1cc(C(N)C2(CO)CCC2)cn1. The predicted octanol–water partition coefficient (Wildman–Crippen LogP) is 1.00. The fourth-order valence-electron chi connectivity index (χ4n) is 2.15. The summed E-state index contributed by atoms with van der Waals surface area (Å²) in [5.74, 6) is 0. The van der Waals surface area contributed by atoms with E-state index < -0.39 is 0 Å². The number of nitrogens with two attached hydrogens (primary N) is 1. The molecule has 0 bridgehead atoms. The van der Waals surface area contributed by atoms with E-state index >= 15 is 0 Å². The quantitative estimate of drug-likeness (QED) is 0.816. The summed E-state index contributed by atoms with van der Waals surface area (Å²) in [5.41, 5.74) is 7.09. The van der Waals surface area contributed by atoms with Gasteiger partial charge in [-0.2, -0.15) is 5.10 Å². The summed E-state index contributed by atoms with van der Waals surface area (Å²) in [7, 11) is 1.88. The van der Waals surface area contributed by atoms with Gasteiger partial charge in [0.15, 0.2) is 0 Å². The van der Waals surface area contributed by atoms with Crippen molar-refractivity contribution in [2.45, 2.75) is 25.3 Å². The molecule has 0 aliphatic heterocycles. The third-order valence-corrected chi connectivity index (χ3v) is 3.41. The van der Waals surface area contributed by atoms with Crippen LogP contribution in [0.1, 0.15) is 30.9 Å². The number of nitrogens with zero attached hydrogens (tertiary/aromatic N) is 2. The molecular weight excluding hydrogens is 214 g/mol. The van der Waals surface area contributed by atoms with Crippen molar-refractivity contribution >= 4 is 12.4 Å². The van der Waals surface area contributed by atoms with Crippen molar-refractivity contribution in [3.63, 3.8) is 0 Å². The Kier molecular flexibility index (Phi) is 3.76. The molecular formula is C10H18ClN3O. The van der Waals surface area contributed by atoms with Crippen LogP contribution >= 0.6 is 12.4 Å². The molecule has 0 saturated heterocycles. The van der Waals surface area contributed by atoms with E-state index in [2.05, 4.69) is 5.10 Å². The molecule has 1 aromatic rings. The zero-order valence-corrected chi connectivity index (χ0v) is 9.70. The van der Waals surface area contributed by atoms with Crippen LogP contribution in [0.5, 0.6) is 0 Å². The van der Waals surface area contributed by atoms with Crippen molar-refractivity contribution < 1.29 is 5.11 Å². The summed E-state index contributed by atoms with van der Waals surface area (Å²) in [6.07, 6.45) is 6.95. The van der Waals surface area contributed by atoms with E-state index in [1.807, 2.05) is 13.2 Å². The molecule has 1 aromatic heterocycles. The van der Waals surface area contributed by atoms with Crippen molar-refractivity contribution in [2.24, 2.45) is 18.2 Å². The Labute approximate surface area is 95.9 Å². The normalized spacial score (nSPS) is 20.2. The number of hydrogen-bond acceptors (Lipinski definition) is 3. The lowest BCUT2D eigenvalue weighted by Crippen LogP contribution is -2.43. The minimum Gasteiger partial charge on any atom is -0.396 e. The predicted molar refractivity (Wildman–Crippen MR) is 60.8 cm³/mol. The minimum absolute atomic E-state index is 0. The molecule has 0 amide bonds. The highest BCUT2D eigenvalue weighted by molar-refractivity contribution is 5.85. The summed E-state index contributed by atoms with van der Waals surface area (Å²) in [6.45, 7) is 0.184. The van der Waals surface area contributed by atoms with Crippen LogP contribution in [-0.4, -0.2) is 21.5 Å². The first-order valence-electron chi connectivity index (χ1n) is 5.03. The number of rotatable bonds is 3. The molecule has 0 spiro atoms. The van der Waals surface area contributed by atoms with Crippen LogP contribution in [0.25, 0.3) is 0 Å². The molecule has 1 aliphatic carbocycles. The summed E-state index contributed by atoms with van der Waals surface area (Å²) < 4.78 is 1.75. The molecule has 2 rings (SSSR count). The number of aliphatic hydroxyl groups excluding tert-OH is 1. The second kappa shape index (κ2) is 4.51. The van der Waals surface area contributed by atoms with Gasteiger partial charge < -0.3 is 10.8 Å². The topological polar surface area (TPSA) is 64.1 Å². The molecule has 3 N–H and O–H groups in total. The maximum atomic E-state index is 9.37. The van der Waals surface area contributed by atoms with E-state index in [9.17, 15) is 5.11 Å². The first-order valence-corrected chi connectivity index (χ1v) is 5.03. The standard InChI is InChI=1S/C10H17N3O.ClH/c1-13-6-8(5-12-13)9(11)10(7-14)3-2-4-10;/h5-6,9,14H,2-4,7,11H2,1H3;1H. The maximum absolute atomic E-state index is 9.37. The van der Waals surface area contributed by atoms with Crippen molar-refractivity contribution in [2.75, 3.05) is 6.61 Å². The number of aromatic nitrogens is 2. The summed E-state index contributed by atoms with van der Waals surface area (Å²) in [4.78, 5) is 0. The molecule has 1 aliphatic rings. The van der Waals surface area contributed by atoms with E-state index in [4.69, 9.17) is 5.73 Å². The molecule has 1 saturated carbocycles. The van der Waals surface area contributed by atoms with Gasteiger partial charge in [-0.15, -0.1) is 12.4 Å². The summed E-state index contributed by atoms with van der Waals surface area (Å²) in [6, 6.07) is -0.0741. The Morgan fingerprint density at radius 3 is 2.67 bits per heavy atom. The third-order valence-electron chi connectivity index (χ3n) is 3.41. The Morgan fingerprint density at radius 2 is 2.33 bits per heavy atom. The van der Waals surface area contributed by atoms with E-state index in [1.165, 1.54) is 6.42 Å². The van der Waals surface area contributed by atoms with E-state index in [-0.39, 0.29) is 30.5 Å². The minimum atomic E-state index is -0.0803. The lowest BCUT2D eigenvalue weighted by Gasteiger charge is -2.44. The van der Waals surface area contributed by atoms with Gasteiger partial charge in [-0.3, -0.25) is 4.68 Å². The molecule has 1 heterocycles. The van der Waals surface area contributed by atoms with Crippen molar-refractivity contribution in [3.8, 4) is 0 Å². The second-order valence-corrected chi connectivity index (χ2v) is 4.30. The monoisotopic (exact) mass is 231 g/mol. The van der Waals surface area contributed by atoms with Crippen LogP contribution in [0.3, 0.4) is 0 Å².